The normalized spacial score (nSPS) is 22.3. The van der Waals surface area contributed by atoms with Crippen LogP contribution in [0.15, 0.2) is 59.8 Å². The Morgan fingerprint density at radius 2 is 1.66 bits per heavy atom. The van der Waals surface area contributed by atoms with E-state index in [9.17, 15) is 9.59 Å². The van der Waals surface area contributed by atoms with E-state index in [2.05, 4.69) is 50.4 Å². The molecule has 150 valence electrons. The Hall–Kier alpha value is -2.39. The summed E-state index contributed by atoms with van der Waals surface area (Å²) in [6.07, 6.45) is 1.44. The molecule has 0 fully saturated rings. The molecule has 2 aliphatic rings. The number of nitrogens with one attached hydrogen (secondary N) is 1. The molecule has 0 aromatic heterocycles. The van der Waals surface area contributed by atoms with Crippen molar-refractivity contribution in [3.05, 3.63) is 81.5 Å². The Morgan fingerprint density at radius 1 is 0.931 bits per heavy atom. The average molecular weight is 408 g/mol. The molecule has 4 rings (SSSR count). The monoisotopic (exact) mass is 407 g/mol. The van der Waals surface area contributed by atoms with Gasteiger partial charge in [-0.05, 0) is 46.6 Å². The van der Waals surface area contributed by atoms with Crippen LogP contribution in [0.1, 0.15) is 68.6 Å². The molecule has 0 spiro atoms. The lowest BCUT2D eigenvalue weighted by Crippen LogP contribution is -2.38. The van der Waals surface area contributed by atoms with Gasteiger partial charge in [-0.2, -0.15) is 0 Å². The minimum atomic E-state index is -0.214. The molecule has 1 aliphatic heterocycles. The molecular formula is C25H26ClNO2. The summed E-state index contributed by atoms with van der Waals surface area (Å²) in [4.78, 5) is 25.6. The summed E-state index contributed by atoms with van der Waals surface area (Å²) >= 11 is 6.16. The minimum Gasteiger partial charge on any atom is -0.329 e. The first-order valence-corrected chi connectivity index (χ1v) is 10.5. The SMILES string of the molecule is CC(C)(C)c1ccc(C2CC(=O)C3=C(C2)NC(=O)CC3c2cccc(Cl)c2)cc1. The van der Waals surface area contributed by atoms with E-state index in [-0.39, 0.29) is 35.4 Å². The number of amides is 1. The highest BCUT2D eigenvalue weighted by atomic mass is 35.5. The van der Waals surface area contributed by atoms with Crippen LogP contribution in [0.25, 0.3) is 0 Å². The predicted octanol–water partition coefficient (Wildman–Crippen LogP) is 5.64. The number of hydrogen-bond donors (Lipinski definition) is 1. The molecular weight excluding hydrogens is 382 g/mol. The molecule has 2 aromatic carbocycles. The highest BCUT2D eigenvalue weighted by molar-refractivity contribution is 6.30. The average Bonchev–Trinajstić information content (AvgIpc) is 2.66. The van der Waals surface area contributed by atoms with Crippen molar-refractivity contribution in [3.8, 4) is 0 Å². The molecule has 1 heterocycles. The Kier molecular flexibility index (Phi) is 5.12. The van der Waals surface area contributed by atoms with Crippen LogP contribution in [-0.2, 0) is 15.0 Å². The van der Waals surface area contributed by atoms with Gasteiger partial charge in [0.2, 0.25) is 5.91 Å². The van der Waals surface area contributed by atoms with E-state index in [1.54, 1.807) is 0 Å². The van der Waals surface area contributed by atoms with Crippen molar-refractivity contribution >= 4 is 23.3 Å². The van der Waals surface area contributed by atoms with Crippen LogP contribution >= 0.6 is 11.6 Å². The number of carbonyl (C=O) groups excluding carboxylic acids is 2. The molecule has 3 nitrogen and oxygen atoms in total. The van der Waals surface area contributed by atoms with Crippen molar-refractivity contribution in [1.29, 1.82) is 0 Å². The molecule has 1 amide bonds. The van der Waals surface area contributed by atoms with Gasteiger partial charge in [0.1, 0.15) is 0 Å². The maximum absolute atomic E-state index is 13.2. The molecule has 2 atom stereocenters. The standard InChI is InChI=1S/C25H26ClNO2/c1-25(2,3)18-9-7-15(8-10-18)17-12-21-24(22(28)13-17)20(14-23(29)27-21)16-5-4-6-19(26)11-16/h4-11,17,20H,12-14H2,1-3H3,(H,27,29). The number of ketones is 1. The van der Waals surface area contributed by atoms with Crippen LogP contribution < -0.4 is 5.32 Å². The van der Waals surface area contributed by atoms with Crippen molar-refractivity contribution in [2.75, 3.05) is 0 Å². The molecule has 0 bridgehead atoms. The quantitative estimate of drug-likeness (QED) is 0.699. The van der Waals surface area contributed by atoms with Gasteiger partial charge in [-0.25, -0.2) is 0 Å². The zero-order valence-corrected chi connectivity index (χ0v) is 17.8. The first-order chi connectivity index (χ1) is 13.7. The number of Topliss-reactive ketones (excluding diaryl/α,β-unsaturated/α-hetero) is 1. The van der Waals surface area contributed by atoms with Crippen LogP contribution in [0, 0.1) is 0 Å². The number of hydrogen-bond acceptors (Lipinski definition) is 2. The smallest absolute Gasteiger partial charge is 0.225 e. The van der Waals surface area contributed by atoms with E-state index in [1.165, 1.54) is 5.56 Å². The van der Waals surface area contributed by atoms with Gasteiger partial charge >= 0.3 is 0 Å². The molecule has 4 heteroatoms. The lowest BCUT2D eigenvalue weighted by atomic mass is 9.73. The van der Waals surface area contributed by atoms with Gasteiger partial charge in [0.25, 0.3) is 0 Å². The largest absolute Gasteiger partial charge is 0.329 e. The lowest BCUT2D eigenvalue weighted by molar-refractivity contribution is -0.122. The van der Waals surface area contributed by atoms with Crippen molar-refractivity contribution < 1.29 is 9.59 Å². The number of rotatable bonds is 2. The summed E-state index contributed by atoms with van der Waals surface area (Å²) in [5.41, 5.74) is 4.99. The zero-order valence-electron chi connectivity index (χ0n) is 17.1. The number of allylic oxidation sites excluding steroid dienone is 2. The number of carbonyl (C=O) groups is 2. The summed E-state index contributed by atoms with van der Waals surface area (Å²) in [7, 11) is 0. The van der Waals surface area contributed by atoms with Crippen LogP contribution in [0.5, 0.6) is 0 Å². The summed E-state index contributed by atoms with van der Waals surface area (Å²) in [6, 6.07) is 16.0. The maximum atomic E-state index is 13.2. The van der Waals surface area contributed by atoms with Gasteiger partial charge in [0.15, 0.2) is 5.78 Å². The third-order valence-corrected chi connectivity index (χ3v) is 6.27. The highest BCUT2D eigenvalue weighted by Crippen LogP contribution is 2.43. The fraction of sp³-hybridized carbons (Fsp3) is 0.360. The molecule has 29 heavy (non-hydrogen) atoms. The first-order valence-electron chi connectivity index (χ1n) is 10.1. The van der Waals surface area contributed by atoms with Gasteiger partial charge in [-0.3, -0.25) is 9.59 Å². The summed E-state index contributed by atoms with van der Waals surface area (Å²) < 4.78 is 0. The second kappa shape index (κ2) is 7.46. The van der Waals surface area contributed by atoms with Crippen molar-refractivity contribution in [3.63, 3.8) is 0 Å². The topological polar surface area (TPSA) is 46.2 Å². The molecule has 0 saturated heterocycles. The highest BCUT2D eigenvalue weighted by Gasteiger charge is 2.38. The summed E-state index contributed by atoms with van der Waals surface area (Å²) in [6.45, 7) is 6.57. The lowest BCUT2D eigenvalue weighted by Gasteiger charge is -2.34. The Bertz CT molecular complexity index is 998. The van der Waals surface area contributed by atoms with Crippen molar-refractivity contribution in [1.82, 2.24) is 5.32 Å². The van der Waals surface area contributed by atoms with Gasteiger partial charge in [-0.15, -0.1) is 0 Å². The molecule has 1 aliphatic carbocycles. The van der Waals surface area contributed by atoms with Gasteiger partial charge in [-0.1, -0.05) is 68.8 Å². The predicted molar refractivity (Wildman–Crippen MR) is 116 cm³/mol. The molecule has 0 saturated carbocycles. The van der Waals surface area contributed by atoms with E-state index >= 15 is 0 Å². The van der Waals surface area contributed by atoms with E-state index in [4.69, 9.17) is 11.6 Å². The first kappa shape index (κ1) is 19.9. The Morgan fingerprint density at radius 3 is 2.31 bits per heavy atom. The third kappa shape index (κ3) is 4.02. The van der Waals surface area contributed by atoms with Crippen molar-refractivity contribution in [2.24, 2.45) is 0 Å². The van der Waals surface area contributed by atoms with Gasteiger partial charge < -0.3 is 5.32 Å². The fourth-order valence-corrected chi connectivity index (χ4v) is 4.66. The van der Waals surface area contributed by atoms with Gasteiger partial charge in [0, 0.05) is 35.1 Å². The van der Waals surface area contributed by atoms with E-state index in [0.717, 1.165) is 22.4 Å². The zero-order chi connectivity index (χ0) is 20.8. The number of halogens is 1. The van der Waals surface area contributed by atoms with Crippen LogP contribution in [-0.4, -0.2) is 11.7 Å². The second-order valence-electron chi connectivity index (χ2n) is 9.15. The van der Waals surface area contributed by atoms with Crippen LogP contribution in [0.2, 0.25) is 5.02 Å². The number of benzene rings is 2. The third-order valence-electron chi connectivity index (χ3n) is 6.04. The Balaban J connectivity index is 1.66. The Labute approximate surface area is 177 Å². The van der Waals surface area contributed by atoms with Crippen LogP contribution in [0.3, 0.4) is 0 Å². The molecule has 1 N–H and O–H groups in total. The minimum absolute atomic E-state index is 0.0368. The second-order valence-corrected chi connectivity index (χ2v) is 9.59. The van der Waals surface area contributed by atoms with E-state index in [0.29, 0.717) is 17.9 Å². The van der Waals surface area contributed by atoms with Gasteiger partial charge in [0.05, 0.1) is 0 Å². The molecule has 2 aromatic rings. The summed E-state index contributed by atoms with van der Waals surface area (Å²) in [5, 5.41) is 3.61. The molecule has 2 unspecified atom stereocenters. The van der Waals surface area contributed by atoms with Crippen LogP contribution in [0.4, 0.5) is 0 Å². The fourth-order valence-electron chi connectivity index (χ4n) is 4.46. The summed E-state index contributed by atoms with van der Waals surface area (Å²) in [5.74, 6) is -0.0331. The van der Waals surface area contributed by atoms with E-state index in [1.807, 2.05) is 24.3 Å². The molecule has 0 radical (unpaired) electrons. The maximum Gasteiger partial charge on any atom is 0.225 e. The van der Waals surface area contributed by atoms with Crippen molar-refractivity contribution in [2.45, 2.75) is 57.3 Å². The van der Waals surface area contributed by atoms with E-state index < -0.39 is 0 Å².